The number of oxime groups is 1. The number of carbonyl (C=O) groups is 1. The average molecular weight is 300 g/mol. The lowest BCUT2D eigenvalue weighted by Crippen LogP contribution is -2.29. The number of benzene rings is 2. The molecule has 2 aromatic carbocycles. The molecule has 0 aliphatic carbocycles. The number of nitrogens with zero attached hydrogens (tertiary/aromatic N) is 1. The van der Waals surface area contributed by atoms with Crippen LogP contribution in [0, 0.1) is 5.82 Å². The number of amides is 1. The largest absolute Gasteiger partial charge is 0.386 e. The first kappa shape index (κ1) is 15.7. The first-order chi connectivity index (χ1) is 10.7. The van der Waals surface area contributed by atoms with Gasteiger partial charge in [-0.3, -0.25) is 4.79 Å². The Kier molecular flexibility index (Phi) is 5.65. The van der Waals surface area contributed by atoms with Gasteiger partial charge in [0.1, 0.15) is 5.82 Å². The normalized spacial score (nSPS) is 12.1. The van der Waals surface area contributed by atoms with E-state index >= 15 is 0 Å². The predicted molar refractivity (Wildman–Crippen MR) is 82.9 cm³/mol. The van der Waals surface area contributed by atoms with Gasteiger partial charge in [0, 0.05) is 5.56 Å². The summed E-state index contributed by atoms with van der Waals surface area (Å²) in [6, 6.07) is 15.7. The molecule has 0 saturated heterocycles. The summed E-state index contributed by atoms with van der Waals surface area (Å²) in [5, 5.41) is 6.39. The van der Waals surface area contributed by atoms with Gasteiger partial charge in [0.2, 0.25) is 0 Å². The van der Waals surface area contributed by atoms with Crippen LogP contribution in [0.25, 0.3) is 0 Å². The molecule has 0 heterocycles. The molecule has 0 saturated carbocycles. The summed E-state index contributed by atoms with van der Waals surface area (Å²) >= 11 is 0. The third kappa shape index (κ3) is 4.70. The van der Waals surface area contributed by atoms with Crippen LogP contribution >= 0.6 is 0 Å². The van der Waals surface area contributed by atoms with E-state index in [0.717, 1.165) is 5.56 Å². The lowest BCUT2D eigenvalue weighted by Gasteiger charge is -2.13. The number of rotatable bonds is 6. The molecule has 0 unspecified atom stereocenters. The highest BCUT2D eigenvalue weighted by Crippen LogP contribution is 2.10. The van der Waals surface area contributed by atoms with Gasteiger partial charge in [0.05, 0.1) is 12.3 Å². The van der Waals surface area contributed by atoms with Crippen LogP contribution in [0.2, 0.25) is 0 Å². The van der Waals surface area contributed by atoms with E-state index in [-0.39, 0.29) is 18.6 Å². The molecule has 0 radical (unpaired) electrons. The fourth-order valence-corrected chi connectivity index (χ4v) is 1.88. The van der Waals surface area contributed by atoms with Crippen LogP contribution in [-0.2, 0) is 9.63 Å². The Balaban J connectivity index is 1.77. The summed E-state index contributed by atoms with van der Waals surface area (Å²) in [6.45, 7) is 1.66. The summed E-state index contributed by atoms with van der Waals surface area (Å²) in [4.78, 5) is 16.6. The van der Waals surface area contributed by atoms with Crippen molar-refractivity contribution < 1.29 is 14.0 Å². The Morgan fingerprint density at radius 3 is 2.64 bits per heavy atom. The van der Waals surface area contributed by atoms with Crippen LogP contribution in [0.1, 0.15) is 24.1 Å². The zero-order valence-electron chi connectivity index (χ0n) is 12.2. The number of nitrogens with one attached hydrogen (secondary N) is 1. The van der Waals surface area contributed by atoms with Crippen LogP contribution in [0.3, 0.4) is 0 Å². The van der Waals surface area contributed by atoms with Gasteiger partial charge >= 0.3 is 0 Å². The molecule has 0 aliphatic heterocycles. The van der Waals surface area contributed by atoms with Gasteiger partial charge in [-0.05, 0) is 18.6 Å². The minimum absolute atomic E-state index is 0.118. The van der Waals surface area contributed by atoms with Gasteiger partial charge in [-0.25, -0.2) is 4.39 Å². The third-order valence-electron chi connectivity index (χ3n) is 3.04. The van der Waals surface area contributed by atoms with Crippen molar-refractivity contribution in [2.45, 2.75) is 13.0 Å². The summed E-state index contributed by atoms with van der Waals surface area (Å²) < 4.78 is 13.3. The van der Waals surface area contributed by atoms with Crippen LogP contribution in [0.15, 0.2) is 59.8 Å². The zero-order valence-corrected chi connectivity index (χ0v) is 12.2. The van der Waals surface area contributed by atoms with Crippen molar-refractivity contribution in [1.29, 1.82) is 0 Å². The molecular weight excluding hydrogens is 283 g/mol. The first-order valence-corrected chi connectivity index (χ1v) is 6.91. The summed E-state index contributed by atoms with van der Waals surface area (Å²) in [7, 11) is 0. The maximum atomic E-state index is 13.3. The molecule has 2 rings (SSSR count). The van der Waals surface area contributed by atoms with Crippen molar-refractivity contribution in [3.05, 3.63) is 71.5 Å². The highest BCUT2D eigenvalue weighted by molar-refractivity contribution is 5.80. The maximum absolute atomic E-state index is 13.3. The Morgan fingerprint density at radius 1 is 1.23 bits per heavy atom. The van der Waals surface area contributed by atoms with Crippen LogP contribution < -0.4 is 5.32 Å². The molecule has 2 aromatic rings. The third-order valence-corrected chi connectivity index (χ3v) is 3.04. The highest BCUT2D eigenvalue weighted by atomic mass is 19.1. The van der Waals surface area contributed by atoms with E-state index in [2.05, 4.69) is 10.5 Å². The molecule has 114 valence electrons. The SMILES string of the molecule is C[C@@H](NC(=O)CO/N=C\c1ccccc1F)c1ccccc1. The molecule has 5 heteroatoms. The molecular formula is C17H17FN2O2. The molecule has 1 atom stereocenters. The van der Waals surface area contributed by atoms with Gasteiger partial charge in [-0.2, -0.15) is 0 Å². The van der Waals surface area contributed by atoms with Crippen molar-refractivity contribution >= 4 is 12.1 Å². The standard InChI is InChI=1S/C17H17FN2O2/c1-13(14-7-3-2-4-8-14)20-17(21)12-22-19-11-15-9-5-6-10-16(15)18/h2-11,13H,12H2,1H3,(H,20,21)/b19-11-/t13-/m1/s1. The summed E-state index contributed by atoms with van der Waals surface area (Å²) in [6.07, 6.45) is 1.24. The van der Waals surface area contributed by atoms with E-state index in [1.54, 1.807) is 18.2 Å². The second-order valence-electron chi connectivity index (χ2n) is 4.73. The van der Waals surface area contributed by atoms with Crippen molar-refractivity contribution in [1.82, 2.24) is 5.32 Å². The Bertz CT molecular complexity index is 644. The molecule has 0 spiro atoms. The highest BCUT2D eigenvalue weighted by Gasteiger charge is 2.09. The van der Waals surface area contributed by atoms with E-state index < -0.39 is 5.82 Å². The maximum Gasteiger partial charge on any atom is 0.261 e. The molecule has 22 heavy (non-hydrogen) atoms. The fourth-order valence-electron chi connectivity index (χ4n) is 1.88. The van der Waals surface area contributed by atoms with Gasteiger partial charge in [0.25, 0.3) is 5.91 Å². The van der Waals surface area contributed by atoms with Gasteiger partial charge < -0.3 is 10.2 Å². The summed E-state index contributed by atoms with van der Waals surface area (Å²) in [5.41, 5.74) is 1.31. The zero-order chi connectivity index (χ0) is 15.8. The average Bonchev–Trinajstić information content (AvgIpc) is 2.54. The second kappa shape index (κ2) is 7.93. The molecule has 0 aromatic heterocycles. The number of halogens is 1. The monoisotopic (exact) mass is 300 g/mol. The predicted octanol–water partition coefficient (Wildman–Crippen LogP) is 3.05. The van der Waals surface area contributed by atoms with Gasteiger partial charge in [-0.15, -0.1) is 0 Å². The van der Waals surface area contributed by atoms with E-state index in [9.17, 15) is 9.18 Å². The van der Waals surface area contributed by atoms with Crippen molar-refractivity contribution in [3.8, 4) is 0 Å². The minimum atomic E-state index is -0.392. The lowest BCUT2D eigenvalue weighted by atomic mass is 10.1. The van der Waals surface area contributed by atoms with Crippen LogP contribution in [-0.4, -0.2) is 18.7 Å². The molecule has 0 bridgehead atoms. The van der Waals surface area contributed by atoms with Crippen LogP contribution in [0.5, 0.6) is 0 Å². The Morgan fingerprint density at radius 2 is 1.91 bits per heavy atom. The quantitative estimate of drug-likeness (QED) is 0.658. The molecule has 4 nitrogen and oxygen atoms in total. The fraction of sp³-hybridized carbons (Fsp3) is 0.176. The van der Waals surface area contributed by atoms with E-state index in [1.807, 2.05) is 37.3 Å². The lowest BCUT2D eigenvalue weighted by molar-refractivity contribution is -0.126. The first-order valence-electron chi connectivity index (χ1n) is 6.91. The van der Waals surface area contributed by atoms with Crippen LogP contribution in [0.4, 0.5) is 4.39 Å². The Labute approximate surface area is 128 Å². The summed E-state index contributed by atoms with van der Waals surface area (Å²) in [5.74, 6) is -0.681. The molecule has 1 N–H and O–H groups in total. The van der Waals surface area contributed by atoms with E-state index in [0.29, 0.717) is 5.56 Å². The van der Waals surface area contributed by atoms with E-state index in [4.69, 9.17) is 4.84 Å². The smallest absolute Gasteiger partial charge is 0.261 e. The van der Waals surface area contributed by atoms with E-state index in [1.165, 1.54) is 12.3 Å². The van der Waals surface area contributed by atoms with Gasteiger partial charge in [0.15, 0.2) is 6.61 Å². The molecule has 0 fully saturated rings. The number of carbonyl (C=O) groups excluding carboxylic acids is 1. The number of hydrogen-bond donors (Lipinski definition) is 1. The molecule has 1 amide bonds. The number of hydrogen-bond acceptors (Lipinski definition) is 3. The minimum Gasteiger partial charge on any atom is -0.386 e. The Hall–Kier alpha value is -2.69. The van der Waals surface area contributed by atoms with Gasteiger partial charge in [-0.1, -0.05) is 53.7 Å². The second-order valence-corrected chi connectivity index (χ2v) is 4.73. The van der Waals surface area contributed by atoms with Crippen molar-refractivity contribution in [2.75, 3.05) is 6.61 Å². The van der Waals surface area contributed by atoms with Crippen molar-refractivity contribution in [3.63, 3.8) is 0 Å². The molecule has 0 aliphatic rings. The topological polar surface area (TPSA) is 50.7 Å². The van der Waals surface area contributed by atoms with Crippen molar-refractivity contribution in [2.24, 2.45) is 5.16 Å².